The number of hydrogen-bond acceptors (Lipinski definition) is 4. The van der Waals surface area contributed by atoms with E-state index >= 15 is 0 Å². The SMILES string of the molecule is C=CC=C.O=C1OCCCCOC(=O)c2ccc1cc2. The van der Waals surface area contributed by atoms with Crippen molar-refractivity contribution in [3.63, 3.8) is 0 Å². The standard InChI is InChI=1S/C12H12O4.C4H6/c13-11-9-3-5-10(6-4-9)12(14)16-8-2-1-7-15-11;1-3-4-2/h3-6H,1-2,7-8H2;3-4H,1-2H2. The molecule has 2 bridgehead atoms. The van der Waals surface area contributed by atoms with Crippen LogP contribution in [-0.4, -0.2) is 25.2 Å². The van der Waals surface area contributed by atoms with E-state index < -0.39 is 0 Å². The summed E-state index contributed by atoms with van der Waals surface area (Å²) in [6, 6.07) is 6.28. The van der Waals surface area contributed by atoms with Gasteiger partial charge in [-0.25, -0.2) is 9.59 Å². The molecule has 4 nitrogen and oxygen atoms in total. The van der Waals surface area contributed by atoms with Crippen LogP contribution >= 0.6 is 0 Å². The van der Waals surface area contributed by atoms with Crippen LogP contribution in [0.1, 0.15) is 33.6 Å². The van der Waals surface area contributed by atoms with Gasteiger partial charge >= 0.3 is 11.9 Å². The van der Waals surface area contributed by atoms with E-state index in [0.717, 1.165) is 0 Å². The van der Waals surface area contributed by atoms with Gasteiger partial charge in [0.1, 0.15) is 0 Å². The molecule has 0 aromatic heterocycles. The summed E-state index contributed by atoms with van der Waals surface area (Å²) in [6.45, 7) is 7.44. The second kappa shape index (κ2) is 8.69. The lowest BCUT2D eigenvalue weighted by molar-refractivity contribution is 0.0427. The highest BCUT2D eigenvalue weighted by Crippen LogP contribution is 2.09. The van der Waals surface area contributed by atoms with Crippen LogP contribution in [0.3, 0.4) is 0 Å². The monoisotopic (exact) mass is 274 g/mol. The molecule has 0 amide bonds. The van der Waals surface area contributed by atoms with Crippen molar-refractivity contribution in [2.24, 2.45) is 0 Å². The van der Waals surface area contributed by atoms with E-state index in [4.69, 9.17) is 9.47 Å². The molecule has 0 saturated carbocycles. The molecule has 0 unspecified atom stereocenters. The lowest BCUT2D eigenvalue weighted by Gasteiger charge is -2.09. The topological polar surface area (TPSA) is 52.6 Å². The van der Waals surface area contributed by atoms with Gasteiger partial charge in [-0.1, -0.05) is 25.3 Å². The summed E-state index contributed by atoms with van der Waals surface area (Å²) in [7, 11) is 0. The van der Waals surface area contributed by atoms with Gasteiger partial charge < -0.3 is 9.47 Å². The molecule has 0 atom stereocenters. The van der Waals surface area contributed by atoms with Crippen LogP contribution in [-0.2, 0) is 9.47 Å². The van der Waals surface area contributed by atoms with Crippen molar-refractivity contribution in [3.8, 4) is 0 Å². The van der Waals surface area contributed by atoms with Crippen molar-refractivity contribution >= 4 is 11.9 Å². The third-order valence-corrected chi connectivity index (χ3v) is 2.53. The van der Waals surface area contributed by atoms with Crippen molar-refractivity contribution in [3.05, 3.63) is 60.7 Å². The van der Waals surface area contributed by atoms with Crippen molar-refractivity contribution < 1.29 is 19.1 Å². The first kappa shape index (κ1) is 15.7. The van der Waals surface area contributed by atoms with Gasteiger partial charge in [0.2, 0.25) is 0 Å². The molecule has 0 aliphatic carbocycles. The van der Waals surface area contributed by atoms with Gasteiger partial charge in [-0.05, 0) is 37.1 Å². The van der Waals surface area contributed by atoms with E-state index in [1.165, 1.54) is 0 Å². The Morgan fingerprint density at radius 3 is 1.45 bits per heavy atom. The Balaban J connectivity index is 0.000000444. The molecule has 1 aromatic rings. The van der Waals surface area contributed by atoms with Gasteiger partial charge in [-0.3, -0.25) is 0 Å². The molecule has 2 aliphatic heterocycles. The largest absolute Gasteiger partial charge is 0.462 e. The summed E-state index contributed by atoms with van der Waals surface area (Å²) in [5, 5.41) is 0. The Labute approximate surface area is 118 Å². The minimum absolute atomic E-state index is 0.347. The third kappa shape index (κ3) is 5.10. The highest BCUT2D eigenvalue weighted by atomic mass is 16.5. The van der Waals surface area contributed by atoms with Crippen molar-refractivity contribution in [1.29, 1.82) is 0 Å². The number of allylic oxidation sites excluding steroid dienone is 2. The normalized spacial score (nSPS) is 14.6. The fourth-order valence-corrected chi connectivity index (χ4v) is 1.44. The lowest BCUT2D eigenvalue weighted by Crippen LogP contribution is -2.12. The van der Waals surface area contributed by atoms with Gasteiger partial charge in [0.15, 0.2) is 0 Å². The van der Waals surface area contributed by atoms with Crippen LogP contribution in [0.25, 0.3) is 0 Å². The summed E-state index contributed by atoms with van der Waals surface area (Å²) in [4.78, 5) is 23.0. The molecule has 0 radical (unpaired) electrons. The maximum absolute atomic E-state index is 11.5. The zero-order chi connectivity index (χ0) is 14.8. The molecule has 0 N–H and O–H groups in total. The summed E-state index contributed by atoms with van der Waals surface area (Å²) >= 11 is 0. The highest BCUT2D eigenvalue weighted by Gasteiger charge is 2.12. The highest BCUT2D eigenvalue weighted by molar-refractivity contribution is 5.93. The van der Waals surface area contributed by atoms with Crippen molar-refractivity contribution in [1.82, 2.24) is 0 Å². The molecule has 106 valence electrons. The summed E-state index contributed by atoms with van der Waals surface area (Å²) in [5.74, 6) is -0.694. The fourth-order valence-electron chi connectivity index (χ4n) is 1.44. The minimum Gasteiger partial charge on any atom is -0.462 e. The van der Waals surface area contributed by atoms with Crippen molar-refractivity contribution in [2.45, 2.75) is 12.8 Å². The van der Waals surface area contributed by atoms with Gasteiger partial charge in [-0.2, -0.15) is 0 Å². The van der Waals surface area contributed by atoms with Crippen molar-refractivity contribution in [2.75, 3.05) is 13.2 Å². The van der Waals surface area contributed by atoms with E-state index in [2.05, 4.69) is 13.2 Å². The van der Waals surface area contributed by atoms with Gasteiger partial charge in [0.25, 0.3) is 0 Å². The molecule has 1 aromatic carbocycles. The average Bonchev–Trinajstić information content (AvgIpc) is 2.49. The van der Waals surface area contributed by atoms with Crippen LogP contribution in [0.4, 0.5) is 0 Å². The molecular weight excluding hydrogens is 256 g/mol. The number of carbonyl (C=O) groups is 2. The molecule has 2 heterocycles. The fraction of sp³-hybridized carbons (Fsp3) is 0.250. The number of ether oxygens (including phenoxy) is 2. The van der Waals surface area contributed by atoms with E-state index in [-0.39, 0.29) is 11.9 Å². The number of hydrogen-bond donors (Lipinski definition) is 0. The first-order valence-electron chi connectivity index (χ1n) is 6.37. The number of rotatable bonds is 1. The average molecular weight is 274 g/mol. The first-order valence-corrected chi connectivity index (χ1v) is 6.37. The van der Waals surface area contributed by atoms with Gasteiger partial charge in [-0.15, -0.1) is 0 Å². The number of fused-ring (bicyclic) bond motifs is 9. The second-order valence-corrected chi connectivity index (χ2v) is 4.03. The van der Waals surface area contributed by atoms with Crippen LogP contribution in [0.15, 0.2) is 49.6 Å². The lowest BCUT2D eigenvalue weighted by atomic mass is 10.1. The second-order valence-electron chi connectivity index (χ2n) is 4.03. The molecule has 2 aliphatic rings. The molecular formula is C16H18O4. The minimum atomic E-state index is -0.347. The molecule has 20 heavy (non-hydrogen) atoms. The summed E-state index contributed by atoms with van der Waals surface area (Å²) in [6.07, 6.45) is 4.68. The maximum atomic E-state index is 11.5. The van der Waals surface area contributed by atoms with E-state index in [1.807, 2.05) is 0 Å². The van der Waals surface area contributed by atoms with Gasteiger partial charge in [0.05, 0.1) is 24.3 Å². The number of carbonyl (C=O) groups excluding carboxylic acids is 2. The van der Waals surface area contributed by atoms with Gasteiger partial charge in [0, 0.05) is 0 Å². The molecule has 0 saturated heterocycles. The number of esters is 2. The predicted octanol–water partition coefficient (Wildman–Crippen LogP) is 3.15. The number of benzene rings is 1. The molecule has 0 fully saturated rings. The Morgan fingerprint density at radius 1 is 0.800 bits per heavy atom. The molecule has 4 heteroatoms. The van der Waals surface area contributed by atoms with Crippen LogP contribution < -0.4 is 0 Å². The Hall–Kier alpha value is -2.36. The summed E-state index contributed by atoms with van der Waals surface area (Å²) in [5.41, 5.74) is 0.911. The Bertz CT molecular complexity index is 429. The zero-order valence-electron chi connectivity index (χ0n) is 11.3. The maximum Gasteiger partial charge on any atom is 0.338 e. The van der Waals surface area contributed by atoms with E-state index in [0.29, 0.717) is 37.2 Å². The Morgan fingerprint density at radius 2 is 1.15 bits per heavy atom. The van der Waals surface area contributed by atoms with Crippen LogP contribution in [0.5, 0.6) is 0 Å². The van der Waals surface area contributed by atoms with Crippen LogP contribution in [0.2, 0.25) is 0 Å². The van der Waals surface area contributed by atoms with Crippen LogP contribution in [0, 0.1) is 0 Å². The quantitative estimate of drug-likeness (QED) is 0.583. The summed E-state index contributed by atoms with van der Waals surface area (Å²) < 4.78 is 10.1. The van der Waals surface area contributed by atoms with E-state index in [1.54, 1.807) is 36.4 Å². The molecule has 3 rings (SSSR count). The van der Waals surface area contributed by atoms with E-state index in [9.17, 15) is 9.59 Å². The Kier molecular flexibility index (Phi) is 6.82. The zero-order valence-corrected chi connectivity index (χ0v) is 11.3. The predicted molar refractivity (Wildman–Crippen MR) is 76.6 cm³/mol. The smallest absolute Gasteiger partial charge is 0.338 e. The molecule has 0 spiro atoms. The first-order chi connectivity index (χ1) is 9.69. The third-order valence-electron chi connectivity index (χ3n) is 2.53.